The third-order valence-corrected chi connectivity index (χ3v) is 3.26. The summed E-state index contributed by atoms with van der Waals surface area (Å²) < 4.78 is 10.7. The molecule has 144 valence electrons. The second kappa shape index (κ2) is 12.1. The van der Waals surface area contributed by atoms with Gasteiger partial charge < -0.3 is 14.8 Å². The van der Waals surface area contributed by atoms with E-state index in [2.05, 4.69) is 11.4 Å². The van der Waals surface area contributed by atoms with E-state index in [-0.39, 0.29) is 11.2 Å². The highest BCUT2D eigenvalue weighted by atomic mass is 35.5. The summed E-state index contributed by atoms with van der Waals surface area (Å²) in [7, 11) is 1.57. The van der Waals surface area contributed by atoms with Crippen molar-refractivity contribution in [1.29, 1.82) is 5.26 Å². The fourth-order valence-electron chi connectivity index (χ4n) is 2.04. The van der Waals surface area contributed by atoms with Crippen molar-refractivity contribution in [1.82, 2.24) is 0 Å². The van der Waals surface area contributed by atoms with Crippen LogP contribution in [0.3, 0.4) is 0 Å². The molecule has 27 heavy (non-hydrogen) atoms. The minimum Gasteiger partial charge on any atom is -0.497 e. The summed E-state index contributed by atoms with van der Waals surface area (Å²) in [6.45, 7) is 4.58. The minimum atomic E-state index is -0.296. The summed E-state index contributed by atoms with van der Waals surface area (Å²) in [5.74, 6) is 1.20. The standard InChI is InChI=1S/C19H20N2O3.CH2Cl2/c1-13(2)12-24-18-8-7-14(9-15(18)11-20)19(22)21-16-5-4-6-17(10-16)23-3;2-1-3/h4-10,13H,12H2,1-3H3,(H,21,22);1H2. The summed E-state index contributed by atoms with van der Waals surface area (Å²) in [5.41, 5.74) is 1.36. The van der Waals surface area contributed by atoms with E-state index in [4.69, 9.17) is 32.7 Å². The Morgan fingerprint density at radius 2 is 1.93 bits per heavy atom. The fraction of sp³-hybridized carbons (Fsp3) is 0.300. The number of ether oxygens (including phenoxy) is 2. The lowest BCUT2D eigenvalue weighted by atomic mass is 10.1. The Bertz CT molecular complexity index is 789. The van der Waals surface area contributed by atoms with E-state index in [0.717, 1.165) is 0 Å². The molecule has 1 N–H and O–H groups in total. The van der Waals surface area contributed by atoms with Gasteiger partial charge in [-0.15, -0.1) is 23.2 Å². The van der Waals surface area contributed by atoms with Crippen LogP contribution in [0.1, 0.15) is 29.8 Å². The Balaban J connectivity index is 0.00000114. The maximum absolute atomic E-state index is 12.4. The molecule has 0 aliphatic heterocycles. The summed E-state index contributed by atoms with van der Waals surface area (Å²) in [6.07, 6.45) is 0. The molecule has 0 aromatic heterocycles. The van der Waals surface area contributed by atoms with E-state index >= 15 is 0 Å². The molecule has 2 aromatic carbocycles. The van der Waals surface area contributed by atoms with Crippen LogP contribution in [0.2, 0.25) is 0 Å². The number of methoxy groups -OCH3 is 1. The number of alkyl halides is 2. The number of benzene rings is 2. The van der Waals surface area contributed by atoms with Crippen LogP contribution in [0.15, 0.2) is 42.5 Å². The maximum atomic E-state index is 12.4. The van der Waals surface area contributed by atoms with E-state index in [1.54, 1.807) is 43.5 Å². The van der Waals surface area contributed by atoms with Crippen molar-refractivity contribution in [2.24, 2.45) is 5.92 Å². The molecular formula is C20H22Cl2N2O3. The fourth-order valence-corrected chi connectivity index (χ4v) is 2.04. The topological polar surface area (TPSA) is 71.3 Å². The molecule has 0 saturated heterocycles. The minimum absolute atomic E-state index is 0.194. The number of hydrogen-bond acceptors (Lipinski definition) is 4. The first-order valence-electron chi connectivity index (χ1n) is 8.19. The normalized spacial score (nSPS) is 9.67. The monoisotopic (exact) mass is 408 g/mol. The second-order valence-corrected chi connectivity index (χ2v) is 6.62. The van der Waals surface area contributed by atoms with Crippen molar-refractivity contribution in [2.75, 3.05) is 24.4 Å². The van der Waals surface area contributed by atoms with Gasteiger partial charge in [-0.2, -0.15) is 5.26 Å². The molecule has 0 heterocycles. The number of rotatable bonds is 6. The van der Waals surface area contributed by atoms with Crippen LogP contribution in [0.4, 0.5) is 5.69 Å². The highest BCUT2D eigenvalue weighted by Crippen LogP contribution is 2.22. The Labute approximate surface area is 169 Å². The lowest BCUT2D eigenvalue weighted by molar-refractivity contribution is 0.102. The predicted octanol–water partition coefficient (Wildman–Crippen LogP) is 5.28. The van der Waals surface area contributed by atoms with Crippen molar-refractivity contribution < 1.29 is 14.3 Å². The first-order valence-corrected chi connectivity index (χ1v) is 9.26. The van der Waals surface area contributed by atoms with Gasteiger partial charge in [0.1, 0.15) is 17.6 Å². The van der Waals surface area contributed by atoms with Gasteiger partial charge in [0.05, 0.1) is 24.6 Å². The number of anilines is 1. The van der Waals surface area contributed by atoms with Gasteiger partial charge in [-0.05, 0) is 36.2 Å². The van der Waals surface area contributed by atoms with Crippen LogP contribution in [-0.4, -0.2) is 25.0 Å². The van der Waals surface area contributed by atoms with Crippen LogP contribution in [0.5, 0.6) is 11.5 Å². The van der Waals surface area contributed by atoms with Crippen LogP contribution >= 0.6 is 23.2 Å². The number of nitrogens with zero attached hydrogens (tertiary/aromatic N) is 1. The molecule has 0 unspecified atom stereocenters. The molecule has 0 aliphatic carbocycles. The van der Waals surface area contributed by atoms with E-state index in [0.29, 0.717) is 40.8 Å². The van der Waals surface area contributed by atoms with E-state index in [9.17, 15) is 10.1 Å². The molecule has 1 amide bonds. The van der Waals surface area contributed by atoms with Crippen molar-refractivity contribution in [3.63, 3.8) is 0 Å². The zero-order valence-corrected chi connectivity index (χ0v) is 17.0. The number of hydrogen-bond donors (Lipinski definition) is 1. The maximum Gasteiger partial charge on any atom is 0.255 e. The summed E-state index contributed by atoms with van der Waals surface area (Å²) >= 11 is 9.53. The number of amides is 1. The Morgan fingerprint density at radius 1 is 1.22 bits per heavy atom. The van der Waals surface area contributed by atoms with Gasteiger partial charge in [-0.3, -0.25) is 4.79 Å². The van der Waals surface area contributed by atoms with E-state index in [1.807, 2.05) is 13.8 Å². The molecule has 7 heteroatoms. The largest absolute Gasteiger partial charge is 0.497 e. The highest BCUT2D eigenvalue weighted by Gasteiger charge is 2.11. The van der Waals surface area contributed by atoms with E-state index < -0.39 is 0 Å². The van der Waals surface area contributed by atoms with Gasteiger partial charge in [-0.25, -0.2) is 0 Å². The molecular weight excluding hydrogens is 387 g/mol. The predicted molar refractivity (Wildman–Crippen MR) is 109 cm³/mol. The number of nitriles is 1. The van der Waals surface area contributed by atoms with Crippen LogP contribution < -0.4 is 14.8 Å². The van der Waals surface area contributed by atoms with Crippen LogP contribution in [0, 0.1) is 17.2 Å². The first-order chi connectivity index (χ1) is 12.9. The zero-order valence-electron chi connectivity index (χ0n) is 15.5. The molecule has 0 radical (unpaired) electrons. The molecule has 0 atom stereocenters. The molecule has 0 aliphatic rings. The third kappa shape index (κ3) is 7.78. The Hall–Kier alpha value is -2.42. The molecule has 2 rings (SSSR count). The molecule has 0 bridgehead atoms. The van der Waals surface area contributed by atoms with Crippen LogP contribution in [0.25, 0.3) is 0 Å². The summed E-state index contributed by atoms with van der Waals surface area (Å²) in [5, 5.41) is 12.2. The Morgan fingerprint density at radius 3 is 2.52 bits per heavy atom. The van der Waals surface area contributed by atoms with Gasteiger partial charge in [0.15, 0.2) is 0 Å². The van der Waals surface area contributed by atoms with Gasteiger partial charge in [-0.1, -0.05) is 19.9 Å². The number of nitrogens with one attached hydrogen (secondary N) is 1. The summed E-state index contributed by atoms with van der Waals surface area (Å²) in [6, 6.07) is 14.0. The van der Waals surface area contributed by atoms with Gasteiger partial charge in [0, 0.05) is 17.3 Å². The summed E-state index contributed by atoms with van der Waals surface area (Å²) in [4.78, 5) is 12.4. The number of carbonyl (C=O) groups is 1. The quantitative estimate of drug-likeness (QED) is 0.660. The molecule has 0 saturated carbocycles. The van der Waals surface area contributed by atoms with Crippen molar-refractivity contribution in [3.05, 3.63) is 53.6 Å². The van der Waals surface area contributed by atoms with Crippen molar-refractivity contribution >= 4 is 34.8 Å². The zero-order chi connectivity index (χ0) is 20.2. The van der Waals surface area contributed by atoms with Crippen molar-refractivity contribution in [3.8, 4) is 17.6 Å². The highest BCUT2D eigenvalue weighted by molar-refractivity contribution is 6.40. The van der Waals surface area contributed by atoms with Gasteiger partial charge >= 0.3 is 0 Å². The van der Waals surface area contributed by atoms with Gasteiger partial charge in [0.2, 0.25) is 0 Å². The SMILES string of the molecule is COc1cccc(NC(=O)c2ccc(OCC(C)C)c(C#N)c2)c1.ClCCl. The van der Waals surface area contributed by atoms with Crippen molar-refractivity contribution in [2.45, 2.75) is 13.8 Å². The average Bonchev–Trinajstić information content (AvgIpc) is 2.66. The number of halogens is 2. The smallest absolute Gasteiger partial charge is 0.255 e. The molecule has 0 spiro atoms. The van der Waals surface area contributed by atoms with Gasteiger partial charge in [0.25, 0.3) is 5.91 Å². The third-order valence-electron chi connectivity index (χ3n) is 3.26. The lowest BCUT2D eigenvalue weighted by Crippen LogP contribution is -2.12. The lowest BCUT2D eigenvalue weighted by Gasteiger charge is -2.11. The molecule has 5 nitrogen and oxygen atoms in total. The first kappa shape index (κ1) is 22.6. The average molecular weight is 409 g/mol. The Kier molecular flexibility index (Phi) is 10.1. The molecule has 2 aromatic rings. The van der Waals surface area contributed by atoms with E-state index in [1.165, 1.54) is 6.07 Å². The molecule has 0 fully saturated rings. The number of carbonyl (C=O) groups excluding carboxylic acids is 1. The second-order valence-electron chi connectivity index (χ2n) is 5.81. The van der Waals surface area contributed by atoms with Crippen LogP contribution in [-0.2, 0) is 0 Å².